The minimum Gasteiger partial charge on any atom is -0.488 e. The summed E-state index contributed by atoms with van der Waals surface area (Å²) in [5.74, 6) is 0.409. The van der Waals surface area contributed by atoms with Crippen LogP contribution in [0.2, 0.25) is 5.02 Å². The van der Waals surface area contributed by atoms with Crippen LogP contribution in [0.5, 0.6) is 11.5 Å². The van der Waals surface area contributed by atoms with E-state index >= 15 is 0 Å². The van der Waals surface area contributed by atoms with Gasteiger partial charge in [-0.15, -0.1) is 0 Å². The monoisotopic (exact) mass is 400 g/mol. The van der Waals surface area contributed by atoms with Gasteiger partial charge in [0.2, 0.25) is 0 Å². The fourth-order valence-electron chi connectivity index (χ4n) is 4.38. The molecular formula is C23H25ClO4. The highest BCUT2D eigenvalue weighted by atomic mass is 35.5. The quantitative estimate of drug-likeness (QED) is 0.738. The number of hydrogen-bond acceptors (Lipinski definition) is 3. The van der Waals surface area contributed by atoms with E-state index in [0.717, 1.165) is 65.0 Å². The Morgan fingerprint density at radius 2 is 2.04 bits per heavy atom. The molecule has 2 aromatic carbocycles. The molecule has 4 nitrogen and oxygen atoms in total. The molecule has 1 N–H and O–H groups in total. The van der Waals surface area contributed by atoms with Crippen molar-refractivity contribution < 1.29 is 19.4 Å². The van der Waals surface area contributed by atoms with Gasteiger partial charge in [-0.3, -0.25) is 4.79 Å². The number of carboxylic acids is 1. The van der Waals surface area contributed by atoms with E-state index in [0.29, 0.717) is 11.6 Å². The van der Waals surface area contributed by atoms with Crippen LogP contribution in [0.3, 0.4) is 0 Å². The molecule has 0 amide bonds. The zero-order valence-electron chi connectivity index (χ0n) is 16.5. The molecule has 1 aliphatic heterocycles. The first kappa shape index (κ1) is 19.1. The molecule has 4 rings (SSSR count). The summed E-state index contributed by atoms with van der Waals surface area (Å²) in [7, 11) is 0. The van der Waals surface area contributed by atoms with Crippen molar-refractivity contribution in [3.8, 4) is 11.5 Å². The minimum absolute atomic E-state index is 0.238. The van der Waals surface area contributed by atoms with E-state index in [2.05, 4.69) is 13.8 Å². The SMILES string of the molecule is CC(C(=O)O)c1ccc(OCc2cc(Cl)cc3c2OC(C)(C)C3)c2c1CCC2. The van der Waals surface area contributed by atoms with Crippen molar-refractivity contribution in [1.82, 2.24) is 0 Å². The number of aliphatic carboxylic acids is 1. The second-order valence-electron chi connectivity index (χ2n) is 8.40. The van der Waals surface area contributed by atoms with Crippen molar-refractivity contribution in [1.29, 1.82) is 0 Å². The van der Waals surface area contributed by atoms with Gasteiger partial charge in [-0.25, -0.2) is 0 Å². The lowest BCUT2D eigenvalue weighted by molar-refractivity contribution is -0.138. The second-order valence-corrected chi connectivity index (χ2v) is 8.84. The topological polar surface area (TPSA) is 55.8 Å². The first-order chi connectivity index (χ1) is 13.2. The third-order valence-corrected chi connectivity index (χ3v) is 5.92. The summed E-state index contributed by atoms with van der Waals surface area (Å²) in [6.07, 6.45) is 3.68. The maximum absolute atomic E-state index is 11.4. The molecule has 0 bridgehead atoms. The zero-order chi connectivity index (χ0) is 20.1. The normalized spacial score (nSPS) is 17.6. The molecule has 2 aliphatic rings. The molecule has 0 aromatic heterocycles. The molecule has 0 spiro atoms. The summed E-state index contributed by atoms with van der Waals surface area (Å²) in [5.41, 5.74) is 5.01. The summed E-state index contributed by atoms with van der Waals surface area (Å²) >= 11 is 6.32. The standard InChI is InChI=1S/C23H25ClO4/c1-13(22(25)26)17-7-8-20(19-6-4-5-18(17)19)27-12-15-10-16(24)9-14-11-23(2,3)28-21(14)15/h7-10,13H,4-6,11-12H2,1-3H3,(H,25,26). The minimum atomic E-state index is -0.794. The Hall–Kier alpha value is -2.20. The van der Waals surface area contributed by atoms with E-state index in [1.165, 1.54) is 0 Å². The first-order valence-corrected chi connectivity index (χ1v) is 10.1. The molecule has 2 aromatic rings. The number of benzene rings is 2. The smallest absolute Gasteiger partial charge is 0.310 e. The Kier molecular flexibility index (Phi) is 4.78. The van der Waals surface area contributed by atoms with Crippen LogP contribution in [0.4, 0.5) is 0 Å². The molecule has 0 saturated carbocycles. The van der Waals surface area contributed by atoms with Crippen LogP contribution in [-0.2, 0) is 30.7 Å². The van der Waals surface area contributed by atoms with Crippen LogP contribution in [0.25, 0.3) is 0 Å². The number of carbonyl (C=O) groups is 1. The van der Waals surface area contributed by atoms with Gasteiger partial charge in [0.05, 0.1) is 5.92 Å². The zero-order valence-corrected chi connectivity index (χ0v) is 17.2. The van der Waals surface area contributed by atoms with Crippen molar-refractivity contribution in [2.45, 2.75) is 64.6 Å². The largest absolute Gasteiger partial charge is 0.488 e. The summed E-state index contributed by atoms with van der Waals surface area (Å²) in [6, 6.07) is 7.69. The molecule has 1 heterocycles. The molecule has 148 valence electrons. The van der Waals surface area contributed by atoms with Gasteiger partial charge in [0.1, 0.15) is 23.7 Å². The van der Waals surface area contributed by atoms with E-state index in [-0.39, 0.29) is 5.60 Å². The Morgan fingerprint density at radius 3 is 2.79 bits per heavy atom. The van der Waals surface area contributed by atoms with Gasteiger partial charge >= 0.3 is 5.97 Å². The third-order valence-electron chi connectivity index (χ3n) is 5.70. The lowest BCUT2D eigenvalue weighted by Crippen LogP contribution is -2.25. The summed E-state index contributed by atoms with van der Waals surface area (Å²) in [5, 5.41) is 10.1. The van der Waals surface area contributed by atoms with Crippen LogP contribution in [0.15, 0.2) is 24.3 Å². The maximum atomic E-state index is 11.4. The summed E-state index contributed by atoms with van der Waals surface area (Å²) in [6.45, 7) is 6.26. The van der Waals surface area contributed by atoms with Crippen molar-refractivity contribution in [2.75, 3.05) is 0 Å². The van der Waals surface area contributed by atoms with Gasteiger partial charge in [0, 0.05) is 17.0 Å². The van der Waals surface area contributed by atoms with Gasteiger partial charge in [0.25, 0.3) is 0 Å². The van der Waals surface area contributed by atoms with E-state index in [9.17, 15) is 9.90 Å². The second kappa shape index (κ2) is 7.00. The Bertz CT molecular complexity index is 948. The van der Waals surface area contributed by atoms with E-state index < -0.39 is 11.9 Å². The van der Waals surface area contributed by atoms with Crippen LogP contribution < -0.4 is 9.47 Å². The Labute approximate surface area is 170 Å². The molecule has 1 atom stereocenters. The maximum Gasteiger partial charge on any atom is 0.310 e. The van der Waals surface area contributed by atoms with Gasteiger partial charge in [-0.2, -0.15) is 0 Å². The number of hydrogen-bond donors (Lipinski definition) is 1. The van der Waals surface area contributed by atoms with Crippen LogP contribution in [-0.4, -0.2) is 16.7 Å². The number of fused-ring (bicyclic) bond motifs is 2. The number of ether oxygens (including phenoxy) is 2. The van der Waals surface area contributed by atoms with Gasteiger partial charge in [-0.05, 0) is 80.5 Å². The van der Waals surface area contributed by atoms with Gasteiger partial charge < -0.3 is 14.6 Å². The highest BCUT2D eigenvalue weighted by Gasteiger charge is 2.32. The van der Waals surface area contributed by atoms with Crippen LogP contribution in [0, 0.1) is 0 Å². The van der Waals surface area contributed by atoms with Crippen LogP contribution >= 0.6 is 11.6 Å². The molecule has 5 heteroatoms. The van der Waals surface area contributed by atoms with Crippen molar-refractivity contribution in [2.24, 2.45) is 0 Å². The number of carboxylic acid groups (broad SMARTS) is 1. The highest BCUT2D eigenvalue weighted by molar-refractivity contribution is 6.30. The lowest BCUT2D eigenvalue weighted by Gasteiger charge is -2.19. The Balaban J connectivity index is 1.61. The first-order valence-electron chi connectivity index (χ1n) is 9.76. The van der Waals surface area contributed by atoms with E-state index in [1.54, 1.807) is 6.92 Å². The summed E-state index contributed by atoms with van der Waals surface area (Å²) in [4.78, 5) is 11.4. The molecule has 1 aliphatic carbocycles. The van der Waals surface area contributed by atoms with Gasteiger partial charge in [0.15, 0.2) is 0 Å². The van der Waals surface area contributed by atoms with E-state index in [1.807, 2.05) is 24.3 Å². The fourth-order valence-corrected chi connectivity index (χ4v) is 4.65. The average Bonchev–Trinajstić information content (AvgIpc) is 3.22. The third kappa shape index (κ3) is 3.46. The van der Waals surface area contributed by atoms with Crippen molar-refractivity contribution >= 4 is 17.6 Å². The molecule has 1 unspecified atom stereocenters. The molecule has 28 heavy (non-hydrogen) atoms. The van der Waals surface area contributed by atoms with E-state index in [4.69, 9.17) is 21.1 Å². The lowest BCUT2D eigenvalue weighted by atomic mass is 9.93. The number of halogens is 1. The van der Waals surface area contributed by atoms with Crippen LogP contribution in [0.1, 0.15) is 60.9 Å². The highest BCUT2D eigenvalue weighted by Crippen LogP contribution is 2.41. The average molecular weight is 401 g/mol. The van der Waals surface area contributed by atoms with Gasteiger partial charge in [-0.1, -0.05) is 17.7 Å². The Morgan fingerprint density at radius 1 is 1.29 bits per heavy atom. The predicted molar refractivity (Wildman–Crippen MR) is 109 cm³/mol. The van der Waals surface area contributed by atoms with Crippen molar-refractivity contribution in [3.63, 3.8) is 0 Å². The molecular weight excluding hydrogens is 376 g/mol. The molecule has 0 saturated heterocycles. The molecule has 0 fully saturated rings. The molecule has 0 radical (unpaired) electrons. The number of rotatable bonds is 5. The predicted octanol–water partition coefficient (Wildman–Crippen LogP) is 5.31. The fraction of sp³-hybridized carbons (Fsp3) is 0.435. The summed E-state index contributed by atoms with van der Waals surface area (Å²) < 4.78 is 12.3. The van der Waals surface area contributed by atoms with Crippen molar-refractivity contribution in [3.05, 3.63) is 57.1 Å².